The van der Waals surface area contributed by atoms with E-state index >= 15 is 0 Å². The molecule has 0 aromatic rings. The van der Waals surface area contributed by atoms with Gasteiger partial charge >= 0.3 is 0 Å². The van der Waals surface area contributed by atoms with E-state index in [1.165, 1.54) is 5.57 Å². The highest BCUT2D eigenvalue weighted by Gasteiger charge is 2.12. The van der Waals surface area contributed by atoms with Crippen LogP contribution in [0.3, 0.4) is 0 Å². The molecule has 12 heavy (non-hydrogen) atoms. The molecule has 1 heterocycles. The van der Waals surface area contributed by atoms with E-state index in [-0.39, 0.29) is 0 Å². The summed E-state index contributed by atoms with van der Waals surface area (Å²) in [4.78, 5) is 2.24. The minimum Gasteiger partial charge on any atom is -0.372 e. The topological polar surface area (TPSA) is 27.1 Å². The van der Waals surface area contributed by atoms with E-state index in [9.17, 15) is 0 Å². The van der Waals surface area contributed by atoms with Gasteiger partial charge < -0.3 is 10.3 Å². The number of hydrogen-bond acceptors (Lipinski definition) is 2. The molecule has 0 atom stereocenters. The first-order chi connectivity index (χ1) is 5.58. The third kappa shape index (κ3) is 2.68. The smallest absolute Gasteiger partial charge is 0.0553 e. The van der Waals surface area contributed by atoms with Crippen molar-refractivity contribution in [2.75, 3.05) is 13.1 Å². The second-order valence-corrected chi connectivity index (χ2v) is 4.08. The predicted octanol–water partition coefficient (Wildman–Crippen LogP) is 2.27. The average Bonchev–Trinajstić information content (AvgIpc) is 1.81. The van der Waals surface area contributed by atoms with Crippen LogP contribution < -0.4 is 0 Å². The monoisotopic (exact) mass is 166 g/mol. The summed E-state index contributed by atoms with van der Waals surface area (Å²) in [5.41, 5.74) is 2.16. The Balaban J connectivity index is 2.54. The van der Waals surface area contributed by atoms with Crippen LogP contribution in [0.15, 0.2) is 11.8 Å². The summed E-state index contributed by atoms with van der Waals surface area (Å²) in [6, 6.07) is 0. The second kappa shape index (κ2) is 3.74. The Morgan fingerprint density at radius 2 is 2.25 bits per heavy atom. The van der Waals surface area contributed by atoms with Crippen molar-refractivity contribution in [3.8, 4) is 0 Å². The Kier molecular flexibility index (Phi) is 2.90. The number of nitrogens with zero attached hydrogens (tertiary/aromatic N) is 1. The van der Waals surface area contributed by atoms with Gasteiger partial charge in [-0.15, -0.1) is 0 Å². The molecule has 0 saturated carbocycles. The fourth-order valence-corrected chi connectivity index (χ4v) is 1.63. The van der Waals surface area contributed by atoms with Crippen LogP contribution in [0.25, 0.3) is 0 Å². The van der Waals surface area contributed by atoms with E-state index in [1.807, 2.05) is 0 Å². The summed E-state index contributed by atoms with van der Waals surface area (Å²) in [5.74, 6) is 0.681. The van der Waals surface area contributed by atoms with E-state index in [4.69, 9.17) is 5.41 Å². The van der Waals surface area contributed by atoms with Crippen LogP contribution in [0.5, 0.6) is 0 Å². The molecule has 0 unspecified atom stereocenters. The molecule has 0 radical (unpaired) electrons. The second-order valence-electron chi connectivity index (χ2n) is 4.08. The fraction of sp³-hybridized carbons (Fsp3) is 0.700. The lowest BCUT2D eigenvalue weighted by molar-refractivity contribution is 0.358. The number of allylic oxidation sites excluding steroid dienone is 1. The largest absolute Gasteiger partial charge is 0.372 e. The lowest BCUT2D eigenvalue weighted by Gasteiger charge is -2.27. The Bertz CT molecular complexity index is 204. The van der Waals surface area contributed by atoms with Crippen molar-refractivity contribution >= 4 is 5.71 Å². The normalized spacial score (nSPS) is 18.5. The van der Waals surface area contributed by atoms with Gasteiger partial charge in [-0.1, -0.05) is 19.4 Å². The van der Waals surface area contributed by atoms with Crippen LogP contribution in [-0.4, -0.2) is 23.7 Å². The Labute approximate surface area is 74.8 Å². The summed E-state index contributed by atoms with van der Waals surface area (Å²) in [7, 11) is 0. The van der Waals surface area contributed by atoms with Gasteiger partial charge in [-0.3, -0.25) is 0 Å². The molecule has 2 nitrogen and oxygen atoms in total. The zero-order valence-electron chi connectivity index (χ0n) is 8.22. The van der Waals surface area contributed by atoms with Crippen LogP contribution in [0, 0.1) is 11.3 Å². The third-order valence-corrected chi connectivity index (χ3v) is 1.89. The van der Waals surface area contributed by atoms with E-state index < -0.39 is 0 Å². The van der Waals surface area contributed by atoms with Gasteiger partial charge in [0.2, 0.25) is 0 Å². The molecular formula is C10H18N2. The molecule has 0 aromatic carbocycles. The van der Waals surface area contributed by atoms with Gasteiger partial charge in [-0.25, -0.2) is 0 Å². The van der Waals surface area contributed by atoms with E-state index in [1.54, 1.807) is 0 Å². The quantitative estimate of drug-likeness (QED) is 0.669. The highest BCUT2D eigenvalue weighted by molar-refractivity contribution is 5.86. The summed E-state index contributed by atoms with van der Waals surface area (Å²) >= 11 is 0. The molecule has 0 saturated heterocycles. The maximum absolute atomic E-state index is 7.61. The van der Waals surface area contributed by atoms with Crippen LogP contribution in [0.1, 0.15) is 27.2 Å². The molecule has 0 bridgehead atoms. The van der Waals surface area contributed by atoms with Crippen molar-refractivity contribution < 1.29 is 0 Å². The summed E-state index contributed by atoms with van der Waals surface area (Å²) in [5, 5.41) is 7.61. The molecule has 1 aliphatic heterocycles. The zero-order valence-corrected chi connectivity index (χ0v) is 8.22. The molecule has 0 spiro atoms. The summed E-state index contributed by atoms with van der Waals surface area (Å²) < 4.78 is 0. The first-order valence-electron chi connectivity index (χ1n) is 4.55. The molecular weight excluding hydrogens is 148 g/mol. The van der Waals surface area contributed by atoms with Gasteiger partial charge in [0.05, 0.1) is 6.54 Å². The lowest BCUT2D eigenvalue weighted by Crippen LogP contribution is -2.31. The van der Waals surface area contributed by atoms with Crippen LogP contribution >= 0.6 is 0 Å². The minimum absolute atomic E-state index is 0.681. The molecule has 68 valence electrons. The van der Waals surface area contributed by atoms with Crippen LogP contribution in [0.4, 0.5) is 0 Å². The molecule has 1 N–H and O–H groups in total. The van der Waals surface area contributed by atoms with E-state index in [2.05, 4.69) is 31.9 Å². The van der Waals surface area contributed by atoms with E-state index in [0.717, 1.165) is 25.2 Å². The maximum atomic E-state index is 7.61. The standard InChI is InChI=1S/C10H18N2/c1-8(2)5-12-6-9(3)4-10(11)7-12/h6,8,11H,4-5,7H2,1-3H3. The van der Waals surface area contributed by atoms with Gasteiger partial charge in [-0.05, 0) is 19.0 Å². The molecule has 2 heteroatoms. The fourth-order valence-electron chi connectivity index (χ4n) is 1.63. The van der Waals surface area contributed by atoms with Gasteiger partial charge in [0.1, 0.15) is 0 Å². The molecule has 1 aliphatic rings. The SMILES string of the molecule is CC1=CN(CC(C)C)CC(=N)C1. The van der Waals surface area contributed by atoms with Crippen LogP contribution in [0.2, 0.25) is 0 Å². The third-order valence-electron chi connectivity index (χ3n) is 1.89. The van der Waals surface area contributed by atoms with Crippen molar-refractivity contribution in [2.45, 2.75) is 27.2 Å². The summed E-state index contributed by atoms with van der Waals surface area (Å²) in [6.45, 7) is 8.42. The van der Waals surface area contributed by atoms with Crippen molar-refractivity contribution in [3.05, 3.63) is 11.8 Å². The highest BCUT2D eigenvalue weighted by atomic mass is 15.1. The van der Waals surface area contributed by atoms with Crippen molar-refractivity contribution in [1.82, 2.24) is 4.90 Å². The first-order valence-corrected chi connectivity index (χ1v) is 4.55. The molecule has 0 aliphatic carbocycles. The zero-order chi connectivity index (χ0) is 9.14. The molecule has 1 rings (SSSR count). The minimum atomic E-state index is 0.681. The van der Waals surface area contributed by atoms with Gasteiger partial charge in [0, 0.05) is 18.7 Å². The van der Waals surface area contributed by atoms with Crippen LogP contribution in [-0.2, 0) is 0 Å². The number of hydrogen-bond donors (Lipinski definition) is 1. The van der Waals surface area contributed by atoms with Crippen molar-refractivity contribution in [2.24, 2.45) is 5.92 Å². The Morgan fingerprint density at radius 3 is 2.75 bits per heavy atom. The highest BCUT2D eigenvalue weighted by Crippen LogP contribution is 2.12. The molecule has 0 amide bonds. The van der Waals surface area contributed by atoms with E-state index in [0.29, 0.717) is 5.92 Å². The Morgan fingerprint density at radius 1 is 1.58 bits per heavy atom. The van der Waals surface area contributed by atoms with Gasteiger partial charge in [-0.2, -0.15) is 0 Å². The number of nitrogens with one attached hydrogen (secondary N) is 1. The maximum Gasteiger partial charge on any atom is 0.0553 e. The summed E-state index contributed by atoms with van der Waals surface area (Å²) in [6.07, 6.45) is 3.06. The van der Waals surface area contributed by atoms with Gasteiger partial charge in [0.15, 0.2) is 0 Å². The molecule has 0 aromatic heterocycles. The lowest BCUT2D eigenvalue weighted by atomic mass is 10.1. The average molecular weight is 166 g/mol. The van der Waals surface area contributed by atoms with Crippen molar-refractivity contribution in [1.29, 1.82) is 5.41 Å². The number of rotatable bonds is 2. The van der Waals surface area contributed by atoms with Gasteiger partial charge in [0.25, 0.3) is 0 Å². The predicted molar refractivity (Wildman–Crippen MR) is 52.5 cm³/mol. The molecule has 0 fully saturated rings. The Hall–Kier alpha value is -0.790. The first kappa shape index (κ1) is 9.30. The van der Waals surface area contributed by atoms with Crippen molar-refractivity contribution in [3.63, 3.8) is 0 Å².